The average molecular weight is 849 g/mol. The summed E-state index contributed by atoms with van der Waals surface area (Å²) >= 11 is 1.80. The summed E-state index contributed by atoms with van der Waals surface area (Å²) in [7, 11) is 0. The molecule has 306 valence electrons. The van der Waals surface area contributed by atoms with Gasteiger partial charge >= 0.3 is 0 Å². The first-order chi connectivity index (χ1) is 32.0. The smallest absolute Gasteiger partial charge is 0.166 e. The highest BCUT2D eigenvalue weighted by atomic mass is 32.1. The molecule has 13 rings (SSSR count). The van der Waals surface area contributed by atoms with Crippen molar-refractivity contribution in [2.75, 3.05) is 0 Å². The van der Waals surface area contributed by atoms with Crippen LogP contribution < -0.4 is 0 Å². The van der Waals surface area contributed by atoms with Crippen LogP contribution in [-0.2, 0) is 5.41 Å². The number of hydrogen-bond acceptors (Lipinski definition) is 4. The lowest BCUT2D eigenvalue weighted by Crippen LogP contribution is -2.14. The molecule has 0 saturated carbocycles. The summed E-state index contributed by atoms with van der Waals surface area (Å²) in [5.41, 5.74) is 15.7. The van der Waals surface area contributed by atoms with Gasteiger partial charge in [0.05, 0.1) is 16.7 Å². The first kappa shape index (κ1) is 37.6. The molecular formula is C60H40N4S. The molecule has 0 unspecified atom stereocenters. The maximum atomic E-state index is 5.53. The van der Waals surface area contributed by atoms with Crippen LogP contribution >= 0.6 is 11.3 Å². The van der Waals surface area contributed by atoms with E-state index in [9.17, 15) is 0 Å². The van der Waals surface area contributed by atoms with Crippen LogP contribution in [0.15, 0.2) is 206 Å². The summed E-state index contributed by atoms with van der Waals surface area (Å²) in [6.07, 6.45) is 0. The van der Waals surface area contributed by atoms with Gasteiger partial charge in [-0.15, -0.1) is 11.3 Å². The Bertz CT molecular complexity index is 3760. The van der Waals surface area contributed by atoms with Crippen LogP contribution in [0.5, 0.6) is 0 Å². The minimum Gasteiger partial charge on any atom is -0.309 e. The van der Waals surface area contributed by atoms with Gasteiger partial charge in [0, 0.05) is 53.1 Å². The third-order valence-electron chi connectivity index (χ3n) is 13.5. The lowest BCUT2D eigenvalue weighted by Gasteiger charge is -2.21. The molecule has 0 atom stereocenters. The van der Waals surface area contributed by atoms with Crippen molar-refractivity contribution in [1.29, 1.82) is 0 Å². The van der Waals surface area contributed by atoms with E-state index >= 15 is 0 Å². The largest absolute Gasteiger partial charge is 0.309 e. The lowest BCUT2D eigenvalue weighted by atomic mass is 9.82. The highest BCUT2D eigenvalue weighted by Gasteiger charge is 2.37. The van der Waals surface area contributed by atoms with Gasteiger partial charge < -0.3 is 4.57 Å². The molecule has 0 N–H and O–H groups in total. The molecule has 3 heterocycles. The molecule has 65 heavy (non-hydrogen) atoms. The van der Waals surface area contributed by atoms with Gasteiger partial charge in [-0.25, -0.2) is 15.0 Å². The monoisotopic (exact) mass is 848 g/mol. The van der Waals surface area contributed by atoms with Gasteiger partial charge in [-0.1, -0.05) is 172 Å². The van der Waals surface area contributed by atoms with Gasteiger partial charge in [-0.05, 0) is 93.0 Å². The van der Waals surface area contributed by atoms with Crippen molar-refractivity contribution in [2.45, 2.75) is 19.3 Å². The topological polar surface area (TPSA) is 43.6 Å². The Labute approximate surface area is 380 Å². The Morgan fingerprint density at radius 3 is 1.60 bits per heavy atom. The molecule has 0 fully saturated rings. The van der Waals surface area contributed by atoms with E-state index in [4.69, 9.17) is 15.0 Å². The fourth-order valence-corrected chi connectivity index (χ4v) is 11.6. The van der Waals surface area contributed by atoms with E-state index in [1.807, 2.05) is 0 Å². The Hall–Kier alpha value is -7.99. The summed E-state index contributed by atoms with van der Waals surface area (Å²) in [6, 6.07) is 74.2. The maximum absolute atomic E-state index is 5.53. The molecule has 5 heteroatoms. The molecule has 3 aromatic heterocycles. The summed E-state index contributed by atoms with van der Waals surface area (Å²) in [5, 5.41) is 4.82. The van der Waals surface area contributed by atoms with Crippen molar-refractivity contribution in [2.24, 2.45) is 0 Å². The van der Waals surface area contributed by atoms with E-state index < -0.39 is 0 Å². The average Bonchev–Trinajstić information content (AvgIpc) is 3.99. The Kier molecular flexibility index (Phi) is 8.39. The van der Waals surface area contributed by atoms with Crippen LogP contribution in [0.25, 0.3) is 115 Å². The molecule has 0 saturated heterocycles. The van der Waals surface area contributed by atoms with Gasteiger partial charge in [0.1, 0.15) is 0 Å². The minimum absolute atomic E-state index is 0.173. The van der Waals surface area contributed by atoms with Gasteiger partial charge in [0.15, 0.2) is 17.5 Å². The summed E-state index contributed by atoms with van der Waals surface area (Å²) < 4.78 is 4.81. The second kappa shape index (κ2) is 14.5. The third-order valence-corrected chi connectivity index (χ3v) is 14.7. The van der Waals surface area contributed by atoms with E-state index in [-0.39, 0.29) is 5.41 Å². The zero-order chi connectivity index (χ0) is 43.2. The maximum Gasteiger partial charge on any atom is 0.166 e. The van der Waals surface area contributed by atoms with E-state index in [0.717, 1.165) is 33.4 Å². The molecule has 0 amide bonds. The number of rotatable bonds is 6. The molecule has 1 aliphatic rings. The van der Waals surface area contributed by atoms with E-state index in [1.54, 1.807) is 11.3 Å². The van der Waals surface area contributed by atoms with Crippen LogP contribution in [0.4, 0.5) is 0 Å². The highest BCUT2D eigenvalue weighted by molar-refractivity contribution is 7.26. The highest BCUT2D eigenvalue weighted by Crippen LogP contribution is 2.52. The zero-order valence-corrected chi connectivity index (χ0v) is 36.6. The number of para-hydroxylation sites is 1. The van der Waals surface area contributed by atoms with E-state index in [1.165, 1.54) is 75.5 Å². The van der Waals surface area contributed by atoms with Crippen LogP contribution in [0.3, 0.4) is 0 Å². The van der Waals surface area contributed by atoms with Crippen molar-refractivity contribution in [3.63, 3.8) is 0 Å². The number of fused-ring (bicyclic) bond motifs is 9. The molecule has 1 aliphatic carbocycles. The lowest BCUT2D eigenvalue weighted by molar-refractivity contribution is 0.660. The normalized spacial score (nSPS) is 12.9. The van der Waals surface area contributed by atoms with Crippen molar-refractivity contribution in [3.8, 4) is 73.2 Å². The SMILES string of the molecule is CC1(C)c2ccccc2-c2c(-c3nc(-c4ccccc4-n4c5ccc(-c6ccccc6)cc5c5cc(-c6ccccc6)ccc54)nc(-c4cccc5c4sc4ccccc45)n3)cccc21. The minimum atomic E-state index is -0.173. The third kappa shape index (κ3) is 5.86. The van der Waals surface area contributed by atoms with Crippen LogP contribution in [-0.4, -0.2) is 19.5 Å². The number of thiophene rings is 1. The van der Waals surface area contributed by atoms with Gasteiger partial charge in [-0.2, -0.15) is 0 Å². The number of benzene rings is 9. The van der Waals surface area contributed by atoms with Gasteiger partial charge in [0.25, 0.3) is 0 Å². The first-order valence-electron chi connectivity index (χ1n) is 22.2. The summed E-state index contributed by atoms with van der Waals surface area (Å²) in [4.78, 5) is 16.5. The molecule has 12 aromatic rings. The van der Waals surface area contributed by atoms with Gasteiger partial charge in [-0.3, -0.25) is 0 Å². The molecule has 0 radical (unpaired) electrons. The first-order valence-corrected chi connectivity index (χ1v) is 23.0. The predicted molar refractivity (Wildman–Crippen MR) is 272 cm³/mol. The number of nitrogens with zero attached hydrogens (tertiary/aromatic N) is 4. The molecule has 0 spiro atoms. The number of aromatic nitrogens is 4. The Morgan fingerprint density at radius 1 is 0.385 bits per heavy atom. The van der Waals surface area contributed by atoms with Crippen molar-refractivity contribution < 1.29 is 0 Å². The van der Waals surface area contributed by atoms with Crippen LogP contribution in [0, 0.1) is 0 Å². The molecule has 9 aromatic carbocycles. The number of hydrogen-bond donors (Lipinski definition) is 0. The molecule has 0 aliphatic heterocycles. The zero-order valence-electron chi connectivity index (χ0n) is 35.8. The standard InChI is InChI=1S/C60H40N4S/c1-60(2)49-27-12-9-22-43(49)55-45(25-16-28-50(55)60)58-61-57(62-59(63-58)46-26-15-24-42-41-21-11-14-30-54(41)65-56(42)46)44-23-10-13-29-51(44)64-52-33-31-39(37-17-5-3-6-18-37)35-47(52)48-36-40(32-34-53(48)64)38-19-7-4-8-20-38/h3-36H,1-2H3. The quantitative estimate of drug-likeness (QED) is 0.167. The van der Waals surface area contributed by atoms with Crippen LogP contribution in [0.1, 0.15) is 25.0 Å². The molecule has 4 nitrogen and oxygen atoms in total. The predicted octanol–water partition coefficient (Wildman–Crippen LogP) is 16.0. The summed E-state index contributed by atoms with van der Waals surface area (Å²) in [6.45, 7) is 4.64. The Balaban J connectivity index is 1.08. The van der Waals surface area contributed by atoms with E-state index in [0.29, 0.717) is 17.5 Å². The van der Waals surface area contributed by atoms with Crippen LogP contribution in [0.2, 0.25) is 0 Å². The second-order valence-corrected chi connectivity index (χ2v) is 18.6. The van der Waals surface area contributed by atoms with Crippen molar-refractivity contribution >= 4 is 53.3 Å². The van der Waals surface area contributed by atoms with E-state index in [2.05, 4.69) is 225 Å². The summed E-state index contributed by atoms with van der Waals surface area (Å²) in [5.74, 6) is 1.94. The fourth-order valence-electron chi connectivity index (χ4n) is 10.4. The fraction of sp³-hybridized carbons (Fsp3) is 0.0500. The van der Waals surface area contributed by atoms with Crippen molar-refractivity contribution in [3.05, 3.63) is 217 Å². The Morgan fingerprint density at radius 2 is 0.892 bits per heavy atom. The molecular weight excluding hydrogens is 809 g/mol. The van der Waals surface area contributed by atoms with Crippen molar-refractivity contribution in [1.82, 2.24) is 19.5 Å². The molecule has 0 bridgehead atoms. The second-order valence-electron chi connectivity index (χ2n) is 17.5. The van der Waals surface area contributed by atoms with Gasteiger partial charge in [0.2, 0.25) is 0 Å².